The normalized spacial score (nSPS) is 10.2. The zero-order valence-electron chi connectivity index (χ0n) is 15.2. The van der Waals surface area contributed by atoms with Gasteiger partial charge < -0.3 is 19.8 Å². The van der Waals surface area contributed by atoms with Gasteiger partial charge in [0.05, 0.1) is 23.3 Å². The van der Waals surface area contributed by atoms with E-state index in [9.17, 15) is 19.7 Å². The van der Waals surface area contributed by atoms with Crippen molar-refractivity contribution in [1.82, 2.24) is 0 Å². The lowest BCUT2D eigenvalue weighted by Crippen LogP contribution is -2.21. The number of rotatable bonds is 8. The molecule has 0 aliphatic heterocycles. The first-order valence-corrected chi connectivity index (χ1v) is 8.59. The summed E-state index contributed by atoms with van der Waals surface area (Å²) in [5, 5.41) is 16.2. The number of nitro benzene ring substituents is 1. The first kappa shape index (κ1) is 19.6. The number of carbonyl (C=O) groups is 2. The molecule has 29 heavy (non-hydrogen) atoms. The van der Waals surface area contributed by atoms with Crippen LogP contribution in [0.25, 0.3) is 0 Å². The molecule has 0 unspecified atom stereocenters. The van der Waals surface area contributed by atoms with Gasteiger partial charge in [-0.1, -0.05) is 12.1 Å². The first-order valence-electron chi connectivity index (χ1n) is 8.59. The summed E-state index contributed by atoms with van der Waals surface area (Å²) in [6.07, 6.45) is 1.56. The number of para-hydroxylation sites is 1. The number of ether oxygens (including phenoxy) is 1. The summed E-state index contributed by atoms with van der Waals surface area (Å²) >= 11 is 0. The summed E-state index contributed by atoms with van der Waals surface area (Å²) in [4.78, 5) is 34.4. The van der Waals surface area contributed by atoms with Gasteiger partial charge >= 0.3 is 5.97 Å². The van der Waals surface area contributed by atoms with Gasteiger partial charge in [-0.15, -0.1) is 0 Å². The zero-order valence-corrected chi connectivity index (χ0v) is 15.2. The molecule has 0 aliphatic carbocycles. The van der Waals surface area contributed by atoms with Crippen LogP contribution in [0, 0.1) is 10.1 Å². The average Bonchev–Trinajstić information content (AvgIpc) is 3.25. The number of furan rings is 1. The van der Waals surface area contributed by atoms with Crippen LogP contribution in [0.1, 0.15) is 16.1 Å². The molecule has 0 fully saturated rings. The lowest BCUT2D eigenvalue weighted by molar-refractivity contribution is -0.384. The van der Waals surface area contributed by atoms with E-state index in [4.69, 9.17) is 9.15 Å². The number of non-ortho nitro benzene ring substituents is 1. The van der Waals surface area contributed by atoms with Crippen molar-refractivity contribution in [3.8, 4) is 0 Å². The molecule has 2 aromatic carbocycles. The molecular formula is C20H17N3O6. The Morgan fingerprint density at radius 1 is 1.03 bits per heavy atom. The van der Waals surface area contributed by atoms with E-state index in [1.807, 2.05) is 0 Å². The third-order valence-corrected chi connectivity index (χ3v) is 3.88. The van der Waals surface area contributed by atoms with Crippen LogP contribution in [0.5, 0.6) is 0 Å². The number of nitrogens with zero attached hydrogens (tertiary/aromatic N) is 1. The Kier molecular flexibility index (Phi) is 6.21. The Labute approximate surface area is 165 Å². The second kappa shape index (κ2) is 9.18. The maximum absolute atomic E-state index is 12.4. The van der Waals surface area contributed by atoms with E-state index in [1.54, 1.807) is 42.7 Å². The second-order valence-corrected chi connectivity index (χ2v) is 5.91. The van der Waals surface area contributed by atoms with Crippen LogP contribution in [0.15, 0.2) is 71.3 Å². The van der Waals surface area contributed by atoms with Gasteiger partial charge in [-0.05, 0) is 36.4 Å². The highest BCUT2D eigenvalue weighted by Crippen LogP contribution is 2.18. The molecule has 1 amide bonds. The molecule has 9 nitrogen and oxygen atoms in total. The molecule has 0 aliphatic rings. The van der Waals surface area contributed by atoms with Crippen LogP contribution in [0.4, 0.5) is 17.1 Å². The van der Waals surface area contributed by atoms with Crippen molar-refractivity contribution in [2.24, 2.45) is 0 Å². The largest absolute Gasteiger partial charge is 0.467 e. The van der Waals surface area contributed by atoms with Crippen LogP contribution in [-0.2, 0) is 16.1 Å². The maximum Gasteiger partial charge on any atom is 0.340 e. The highest BCUT2D eigenvalue weighted by Gasteiger charge is 2.15. The quantitative estimate of drug-likeness (QED) is 0.339. The number of nitrogens with one attached hydrogen (secondary N) is 2. The number of hydrogen-bond donors (Lipinski definition) is 2. The summed E-state index contributed by atoms with van der Waals surface area (Å²) in [5.74, 6) is -0.518. The predicted molar refractivity (Wildman–Crippen MR) is 104 cm³/mol. The molecule has 1 aromatic heterocycles. The topological polar surface area (TPSA) is 124 Å². The summed E-state index contributed by atoms with van der Waals surface area (Å²) < 4.78 is 10.3. The number of anilines is 2. The molecular weight excluding hydrogens is 378 g/mol. The number of hydrogen-bond acceptors (Lipinski definition) is 7. The standard InChI is InChI=1S/C20H17N3O6/c24-19(22-14-7-9-15(10-8-14)23(26)27)13-29-20(25)17-5-1-2-6-18(17)21-12-16-4-3-11-28-16/h1-11,21H,12-13H2,(H,22,24). The van der Waals surface area contributed by atoms with Gasteiger partial charge in [0.1, 0.15) is 5.76 Å². The Morgan fingerprint density at radius 3 is 2.48 bits per heavy atom. The van der Waals surface area contributed by atoms with Crippen LogP contribution in [0.2, 0.25) is 0 Å². The van der Waals surface area contributed by atoms with Crippen molar-refractivity contribution in [3.63, 3.8) is 0 Å². The van der Waals surface area contributed by atoms with Crippen LogP contribution >= 0.6 is 0 Å². The fourth-order valence-electron chi connectivity index (χ4n) is 2.48. The number of nitro groups is 1. The smallest absolute Gasteiger partial charge is 0.340 e. The Bertz CT molecular complexity index is 999. The van der Waals surface area contributed by atoms with E-state index in [0.717, 1.165) is 0 Å². The SMILES string of the molecule is O=C(COC(=O)c1ccccc1NCc1ccco1)Nc1ccc([N+](=O)[O-])cc1. The minimum Gasteiger partial charge on any atom is -0.467 e. The first-order chi connectivity index (χ1) is 14.0. The Balaban J connectivity index is 1.54. The molecule has 3 aromatic rings. The lowest BCUT2D eigenvalue weighted by atomic mass is 10.2. The van der Waals surface area contributed by atoms with Gasteiger partial charge in [-0.3, -0.25) is 14.9 Å². The van der Waals surface area contributed by atoms with E-state index >= 15 is 0 Å². The molecule has 148 valence electrons. The van der Waals surface area contributed by atoms with Crippen LogP contribution in [-0.4, -0.2) is 23.4 Å². The van der Waals surface area contributed by atoms with Crippen molar-refractivity contribution in [2.45, 2.75) is 6.54 Å². The van der Waals surface area contributed by atoms with E-state index in [2.05, 4.69) is 10.6 Å². The van der Waals surface area contributed by atoms with Crippen molar-refractivity contribution < 1.29 is 23.7 Å². The fraction of sp³-hybridized carbons (Fsp3) is 0.100. The van der Waals surface area contributed by atoms with Crippen LogP contribution in [0.3, 0.4) is 0 Å². The number of esters is 1. The van der Waals surface area contributed by atoms with Crippen molar-refractivity contribution in [2.75, 3.05) is 17.2 Å². The Hall–Kier alpha value is -4.14. The third kappa shape index (κ3) is 5.42. The monoisotopic (exact) mass is 395 g/mol. The highest BCUT2D eigenvalue weighted by atomic mass is 16.6. The van der Waals surface area contributed by atoms with Gasteiger partial charge in [0.15, 0.2) is 6.61 Å². The second-order valence-electron chi connectivity index (χ2n) is 5.91. The summed E-state index contributed by atoms with van der Waals surface area (Å²) in [6.45, 7) is -0.111. The van der Waals surface area contributed by atoms with E-state index in [0.29, 0.717) is 23.7 Å². The lowest BCUT2D eigenvalue weighted by Gasteiger charge is -2.11. The van der Waals surface area contributed by atoms with Gasteiger partial charge in [0.2, 0.25) is 0 Å². The minimum absolute atomic E-state index is 0.0897. The van der Waals surface area contributed by atoms with Crippen molar-refractivity contribution in [1.29, 1.82) is 0 Å². The van der Waals surface area contributed by atoms with Crippen molar-refractivity contribution in [3.05, 3.63) is 88.4 Å². The Morgan fingerprint density at radius 2 is 1.79 bits per heavy atom. The molecule has 0 radical (unpaired) electrons. The molecule has 2 N–H and O–H groups in total. The summed E-state index contributed by atoms with van der Waals surface area (Å²) in [7, 11) is 0. The van der Waals surface area contributed by atoms with Gasteiger partial charge in [-0.25, -0.2) is 4.79 Å². The fourth-order valence-corrected chi connectivity index (χ4v) is 2.48. The molecule has 0 spiro atoms. The van der Waals surface area contributed by atoms with Gasteiger partial charge in [0, 0.05) is 23.5 Å². The molecule has 1 heterocycles. The van der Waals surface area contributed by atoms with Gasteiger partial charge in [0.25, 0.3) is 11.6 Å². The molecule has 0 saturated heterocycles. The summed E-state index contributed by atoms with van der Waals surface area (Å²) in [6, 6.07) is 15.6. The van der Waals surface area contributed by atoms with Crippen LogP contribution < -0.4 is 10.6 Å². The van der Waals surface area contributed by atoms with Crippen molar-refractivity contribution >= 4 is 28.9 Å². The number of benzene rings is 2. The maximum atomic E-state index is 12.4. The third-order valence-electron chi connectivity index (χ3n) is 3.88. The zero-order chi connectivity index (χ0) is 20.6. The molecule has 0 saturated carbocycles. The summed E-state index contributed by atoms with van der Waals surface area (Å²) in [5.41, 5.74) is 1.09. The van der Waals surface area contributed by atoms with E-state index in [-0.39, 0.29) is 11.3 Å². The van der Waals surface area contributed by atoms with E-state index < -0.39 is 23.4 Å². The highest BCUT2D eigenvalue weighted by molar-refractivity contribution is 5.98. The molecule has 9 heteroatoms. The van der Waals surface area contributed by atoms with Gasteiger partial charge in [-0.2, -0.15) is 0 Å². The minimum atomic E-state index is -0.661. The molecule has 3 rings (SSSR count). The number of carbonyl (C=O) groups excluding carboxylic acids is 2. The predicted octanol–water partition coefficient (Wildman–Crippen LogP) is 3.60. The molecule has 0 bridgehead atoms. The average molecular weight is 395 g/mol. The molecule has 0 atom stereocenters. The number of amides is 1. The van der Waals surface area contributed by atoms with E-state index in [1.165, 1.54) is 24.3 Å².